The quantitative estimate of drug-likeness (QED) is 0.786. The third-order valence-electron chi connectivity index (χ3n) is 3.27. The molecule has 1 unspecified atom stereocenters. The zero-order valence-electron chi connectivity index (χ0n) is 12.5. The summed E-state index contributed by atoms with van der Waals surface area (Å²) in [4.78, 5) is 24.6. The first kappa shape index (κ1) is 16.1. The van der Waals surface area contributed by atoms with Gasteiger partial charge in [-0.1, -0.05) is 6.07 Å². The minimum Gasteiger partial charge on any atom is -0.344 e. The highest BCUT2D eigenvalue weighted by atomic mass is 32.1. The third-order valence-corrected chi connectivity index (χ3v) is 4.11. The summed E-state index contributed by atoms with van der Waals surface area (Å²) in [5, 5.41) is 4.73. The maximum Gasteiger partial charge on any atom is 0.271 e. The molecular weight excluding hydrogens is 334 g/mol. The number of nitrogens with zero attached hydrogens (tertiary/aromatic N) is 3. The van der Waals surface area contributed by atoms with Crippen LogP contribution in [-0.2, 0) is 0 Å². The number of hydrogen-bond acceptors (Lipinski definition) is 5. The second-order valence-electron chi connectivity index (χ2n) is 4.97. The summed E-state index contributed by atoms with van der Waals surface area (Å²) in [5.41, 5.74) is 0.392. The Morgan fingerprint density at radius 3 is 2.71 bits per heavy atom. The standard InChI is InChI=1S/C16H12F2N4OS/c1-9(11-4-3-10(17)7-12(11)18)21-15(23)13-8-24-16(22-13)14-19-5-2-6-20-14/h2-9H,1H3,(H,21,23). The second-order valence-corrected chi connectivity index (χ2v) is 5.83. The van der Waals surface area contributed by atoms with E-state index in [1.165, 1.54) is 17.4 Å². The Balaban J connectivity index is 1.74. The molecule has 0 spiro atoms. The fourth-order valence-corrected chi connectivity index (χ4v) is 2.84. The average Bonchev–Trinajstić information content (AvgIpc) is 3.05. The van der Waals surface area contributed by atoms with E-state index in [2.05, 4.69) is 20.3 Å². The lowest BCUT2D eigenvalue weighted by Gasteiger charge is -2.14. The van der Waals surface area contributed by atoms with Gasteiger partial charge in [-0.15, -0.1) is 11.3 Å². The normalized spacial score (nSPS) is 12.0. The molecule has 0 fully saturated rings. The number of carbonyl (C=O) groups is 1. The SMILES string of the molecule is CC(NC(=O)c1csc(-c2ncccn2)n1)c1ccc(F)cc1F. The number of thiazole rings is 1. The Bertz CT molecular complexity index is 870. The van der Waals surface area contributed by atoms with Crippen molar-refractivity contribution in [1.29, 1.82) is 0 Å². The number of nitrogens with one attached hydrogen (secondary N) is 1. The molecule has 3 rings (SSSR count). The van der Waals surface area contributed by atoms with Crippen molar-refractivity contribution in [1.82, 2.24) is 20.3 Å². The molecule has 1 amide bonds. The molecule has 0 bridgehead atoms. The first-order chi connectivity index (χ1) is 11.5. The summed E-state index contributed by atoms with van der Waals surface area (Å²) in [6, 6.07) is 4.29. The summed E-state index contributed by atoms with van der Waals surface area (Å²) in [6.45, 7) is 1.61. The lowest BCUT2D eigenvalue weighted by atomic mass is 10.1. The van der Waals surface area contributed by atoms with E-state index in [0.717, 1.165) is 12.1 Å². The molecule has 1 atom stereocenters. The molecule has 122 valence electrons. The van der Waals surface area contributed by atoms with E-state index in [4.69, 9.17) is 0 Å². The fraction of sp³-hybridized carbons (Fsp3) is 0.125. The summed E-state index contributed by atoms with van der Waals surface area (Å²) < 4.78 is 26.7. The maximum absolute atomic E-state index is 13.8. The largest absolute Gasteiger partial charge is 0.344 e. The summed E-state index contributed by atoms with van der Waals surface area (Å²) in [7, 11) is 0. The van der Waals surface area contributed by atoms with Gasteiger partial charge in [0.1, 0.15) is 17.3 Å². The van der Waals surface area contributed by atoms with Gasteiger partial charge in [0.2, 0.25) is 0 Å². The van der Waals surface area contributed by atoms with Crippen molar-refractivity contribution in [2.75, 3.05) is 0 Å². The Hall–Kier alpha value is -2.74. The average molecular weight is 346 g/mol. The predicted octanol–water partition coefficient (Wildman–Crippen LogP) is 3.37. The second kappa shape index (κ2) is 6.79. The van der Waals surface area contributed by atoms with Gasteiger partial charge in [0.05, 0.1) is 6.04 Å². The van der Waals surface area contributed by atoms with E-state index in [1.807, 2.05) is 0 Å². The van der Waals surface area contributed by atoms with Crippen LogP contribution in [-0.4, -0.2) is 20.9 Å². The molecule has 8 heteroatoms. The number of benzene rings is 1. The molecule has 2 heterocycles. The number of hydrogen-bond donors (Lipinski definition) is 1. The molecule has 3 aromatic rings. The van der Waals surface area contributed by atoms with Crippen LogP contribution in [0, 0.1) is 11.6 Å². The van der Waals surface area contributed by atoms with Crippen LogP contribution in [0.4, 0.5) is 8.78 Å². The third kappa shape index (κ3) is 3.43. The highest BCUT2D eigenvalue weighted by molar-refractivity contribution is 7.13. The molecule has 1 N–H and O–H groups in total. The number of rotatable bonds is 4. The fourth-order valence-electron chi connectivity index (χ4n) is 2.09. The van der Waals surface area contributed by atoms with Crippen molar-refractivity contribution in [2.24, 2.45) is 0 Å². The van der Waals surface area contributed by atoms with Crippen LogP contribution in [0.2, 0.25) is 0 Å². The molecule has 5 nitrogen and oxygen atoms in total. The van der Waals surface area contributed by atoms with E-state index < -0.39 is 23.6 Å². The van der Waals surface area contributed by atoms with Gasteiger partial charge >= 0.3 is 0 Å². The first-order valence-electron chi connectivity index (χ1n) is 7.03. The van der Waals surface area contributed by atoms with Crippen LogP contribution in [0.15, 0.2) is 42.0 Å². The van der Waals surface area contributed by atoms with E-state index in [0.29, 0.717) is 10.8 Å². The molecular formula is C16H12F2N4OS. The maximum atomic E-state index is 13.8. The van der Waals surface area contributed by atoms with Gasteiger partial charge in [-0.25, -0.2) is 23.7 Å². The van der Waals surface area contributed by atoms with Gasteiger partial charge in [-0.2, -0.15) is 0 Å². The van der Waals surface area contributed by atoms with Crippen molar-refractivity contribution in [2.45, 2.75) is 13.0 Å². The summed E-state index contributed by atoms with van der Waals surface area (Å²) in [6.07, 6.45) is 3.17. The monoisotopic (exact) mass is 346 g/mol. The Morgan fingerprint density at radius 2 is 2.00 bits per heavy atom. The summed E-state index contributed by atoms with van der Waals surface area (Å²) >= 11 is 1.24. The van der Waals surface area contributed by atoms with Gasteiger partial charge in [-0.05, 0) is 19.1 Å². The van der Waals surface area contributed by atoms with Gasteiger partial charge in [0.15, 0.2) is 10.8 Å². The molecule has 0 aliphatic heterocycles. The smallest absolute Gasteiger partial charge is 0.271 e. The molecule has 0 radical (unpaired) electrons. The van der Waals surface area contributed by atoms with Crippen molar-refractivity contribution in [3.8, 4) is 10.8 Å². The Labute approximate surface area is 140 Å². The van der Waals surface area contributed by atoms with E-state index in [-0.39, 0.29) is 11.3 Å². The molecule has 24 heavy (non-hydrogen) atoms. The highest BCUT2D eigenvalue weighted by Gasteiger charge is 2.18. The van der Waals surface area contributed by atoms with E-state index in [1.54, 1.807) is 30.8 Å². The zero-order valence-corrected chi connectivity index (χ0v) is 13.3. The van der Waals surface area contributed by atoms with Crippen LogP contribution in [0.3, 0.4) is 0 Å². The predicted molar refractivity (Wildman–Crippen MR) is 85.4 cm³/mol. The van der Waals surface area contributed by atoms with Crippen molar-refractivity contribution < 1.29 is 13.6 Å². The Kier molecular flexibility index (Phi) is 4.57. The van der Waals surface area contributed by atoms with Crippen LogP contribution >= 0.6 is 11.3 Å². The van der Waals surface area contributed by atoms with Crippen LogP contribution in [0.5, 0.6) is 0 Å². The number of aromatic nitrogens is 3. The minimum absolute atomic E-state index is 0.192. The first-order valence-corrected chi connectivity index (χ1v) is 7.91. The van der Waals surface area contributed by atoms with Crippen molar-refractivity contribution in [3.05, 3.63) is 64.9 Å². The highest BCUT2D eigenvalue weighted by Crippen LogP contribution is 2.21. The number of amides is 1. The van der Waals surface area contributed by atoms with Crippen LogP contribution < -0.4 is 5.32 Å². The topological polar surface area (TPSA) is 67.8 Å². The molecule has 2 aromatic heterocycles. The molecule has 0 aliphatic carbocycles. The van der Waals surface area contributed by atoms with Gasteiger partial charge in [0.25, 0.3) is 5.91 Å². The van der Waals surface area contributed by atoms with Gasteiger partial charge < -0.3 is 5.32 Å². The van der Waals surface area contributed by atoms with Gasteiger partial charge in [-0.3, -0.25) is 4.79 Å². The minimum atomic E-state index is -0.709. The summed E-state index contributed by atoms with van der Waals surface area (Å²) in [5.74, 6) is -1.40. The number of carbonyl (C=O) groups excluding carboxylic acids is 1. The van der Waals surface area contributed by atoms with Crippen molar-refractivity contribution >= 4 is 17.2 Å². The van der Waals surface area contributed by atoms with Crippen LogP contribution in [0.25, 0.3) is 10.8 Å². The molecule has 1 aromatic carbocycles. The molecule has 0 saturated heterocycles. The van der Waals surface area contributed by atoms with Gasteiger partial charge in [0, 0.05) is 29.4 Å². The zero-order chi connectivity index (χ0) is 17.1. The Morgan fingerprint density at radius 1 is 1.25 bits per heavy atom. The molecule has 0 aliphatic rings. The van der Waals surface area contributed by atoms with Crippen molar-refractivity contribution in [3.63, 3.8) is 0 Å². The molecule has 0 saturated carbocycles. The number of halogens is 2. The van der Waals surface area contributed by atoms with E-state index in [9.17, 15) is 13.6 Å². The lowest BCUT2D eigenvalue weighted by Crippen LogP contribution is -2.27. The van der Waals surface area contributed by atoms with Crippen LogP contribution in [0.1, 0.15) is 29.0 Å². The lowest BCUT2D eigenvalue weighted by molar-refractivity contribution is 0.0935. The van der Waals surface area contributed by atoms with E-state index >= 15 is 0 Å².